The predicted molar refractivity (Wildman–Crippen MR) is 111 cm³/mol. The van der Waals surface area contributed by atoms with Crippen LogP contribution in [0, 0.1) is 0 Å². The second-order valence-electron chi connectivity index (χ2n) is 7.34. The van der Waals surface area contributed by atoms with Gasteiger partial charge in [-0.15, -0.1) is 0 Å². The van der Waals surface area contributed by atoms with E-state index in [1.165, 1.54) is 6.07 Å². The lowest BCUT2D eigenvalue weighted by Gasteiger charge is -2.13. The van der Waals surface area contributed by atoms with Gasteiger partial charge in [0.25, 0.3) is 0 Å². The molecule has 164 valence electrons. The number of halogens is 3. The van der Waals surface area contributed by atoms with Crippen LogP contribution in [0.15, 0.2) is 59.8 Å². The van der Waals surface area contributed by atoms with Crippen molar-refractivity contribution in [2.24, 2.45) is 5.14 Å². The first-order valence-electron chi connectivity index (χ1n) is 9.34. The number of aromatic nitrogens is 2. The molecule has 0 aliphatic carbocycles. The van der Waals surface area contributed by atoms with Crippen molar-refractivity contribution in [1.29, 1.82) is 0 Å². The predicted octanol–water partition coefficient (Wildman–Crippen LogP) is 4.60. The molecule has 0 saturated carbocycles. The highest BCUT2D eigenvalue weighted by Gasteiger charge is 2.30. The third-order valence-electron chi connectivity index (χ3n) is 4.62. The van der Waals surface area contributed by atoms with Crippen LogP contribution in [-0.2, 0) is 22.6 Å². The normalized spacial score (nSPS) is 12.2. The number of hydrogen-bond donors (Lipinski definition) is 2. The summed E-state index contributed by atoms with van der Waals surface area (Å²) in [4.78, 5) is 8.01. The van der Waals surface area contributed by atoms with Crippen molar-refractivity contribution >= 4 is 21.5 Å². The fraction of sp³-hybridized carbons (Fsp3) is 0.238. The van der Waals surface area contributed by atoms with E-state index < -0.39 is 21.8 Å². The second-order valence-corrected chi connectivity index (χ2v) is 8.87. The van der Waals surface area contributed by atoms with Gasteiger partial charge >= 0.3 is 6.18 Å². The summed E-state index contributed by atoms with van der Waals surface area (Å²) >= 11 is 0. The molecule has 2 heterocycles. The van der Waals surface area contributed by atoms with Gasteiger partial charge in [-0.3, -0.25) is 4.98 Å². The van der Waals surface area contributed by atoms with E-state index in [1.807, 2.05) is 26.0 Å². The Morgan fingerprint density at radius 3 is 2.29 bits per heavy atom. The molecule has 0 spiro atoms. The topological polar surface area (TPSA) is 98.0 Å². The standard InChI is InChI=1S/C21H21F3N4O2S/c1-13(2)15-4-6-17(26-11-15)9-14-3-7-18(10-19(14)31(25,29)30)28-20-8-5-16(12-27-20)21(22,23)24/h3-8,10-13H,9H2,1-2H3,(H,27,28)(H2,25,29,30). The molecular formula is C21H21F3N4O2S. The van der Waals surface area contributed by atoms with E-state index in [1.54, 1.807) is 18.3 Å². The van der Waals surface area contributed by atoms with E-state index in [9.17, 15) is 21.6 Å². The number of rotatable bonds is 6. The molecule has 0 atom stereocenters. The Morgan fingerprint density at radius 1 is 1.03 bits per heavy atom. The molecule has 0 amide bonds. The van der Waals surface area contributed by atoms with Gasteiger partial charge in [-0.1, -0.05) is 26.0 Å². The summed E-state index contributed by atoms with van der Waals surface area (Å²) in [6, 6.07) is 10.3. The first-order chi connectivity index (χ1) is 14.4. The van der Waals surface area contributed by atoms with Crippen LogP contribution in [0.5, 0.6) is 0 Å². The number of anilines is 2. The van der Waals surface area contributed by atoms with Gasteiger partial charge in [0.2, 0.25) is 10.0 Å². The Bertz CT molecular complexity index is 1160. The van der Waals surface area contributed by atoms with Crippen LogP contribution < -0.4 is 10.5 Å². The Labute approximate surface area is 178 Å². The van der Waals surface area contributed by atoms with E-state index in [4.69, 9.17) is 5.14 Å². The molecule has 0 radical (unpaired) electrons. The van der Waals surface area contributed by atoms with Crippen molar-refractivity contribution in [3.63, 3.8) is 0 Å². The van der Waals surface area contributed by atoms with Crippen LogP contribution >= 0.6 is 0 Å². The number of pyridine rings is 2. The summed E-state index contributed by atoms with van der Waals surface area (Å²) in [6.45, 7) is 4.10. The van der Waals surface area contributed by atoms with Crippen molar-refractivity contribution in [3.05, 3.63) is 77.2 Å². The summed E-state index contributed by atoms with van der Waals surface area (Å²) in [5.41, 5.74) is 1.65. The van der Waals surface area contributed by atoms with Gasteiger partial charge < -0.3 is 5.32 Å². The Hall–Kier alpha value is -2.98. The molecule has 3 aromatic rings. The third-order valence-corrected chi connectivity index (χ3v) is 5.62. The van der Waals surface area contributed by atoms with Gasteiger partial charge in [-0.25, -0.2) is 18.5 Å². The minimum absolute atomic E-state index is 0.0980. The van der Waals surface area contributed by atoms with E-state index in [-0.39, 0.29) is 17.1 Å². The largest absolute Gasteiger partial charge is 0.417 e. The number of nitrogens with one attached hydrogen (secondary N) is 1. The summed E-state index contributed by atoms with van der Waals surface area (Å²) < 4.78 is 62.3. The van der Waals surface area contributed by atoms with Crippen molar-refractivity contribution in [1.82, 2.24) is 9.97 Å². The van der Waals surface area contributed by atoms with Crippen LogP contribution in [0.25, 0.3) is 0 Å². The fourth-order valence-electron chi connectivity index (χ4n) is 2.90. The van der Waals surface area contributed by atoms with Crippen LogP contribution in [-0.4, -0.2) is 18.4 Å². The lowest BCUT2D eigenvalue weighted by atomic mass is 10.0. The first-order valence-corrected chi connectivity index (χ1v) is 10.9. The molecule has 31 heavy (non-hydrogen) atoms. The minimum atomic E-state index is -4.49. The quantitative estimate of drug-likeness (QED) is 0.572. The number of nitrogens with zero attached hydrogens (tertiary/aromatic N) is 2. The zero-order valence-electron chi connectivity index (χ0n) is 16.8. The molecular weight excluding hydrogens is 429 g/mol. The maximum Gasteiger partial charge on any atom is 0.417 e. The average molecular weight is 450 g/mol. The summed E-state index contributed by atoms with van der Waals surface area (Å²) in [5, 5.41) is 8.18. The molecule has 0 unspecified atom stereocenters. The van der Waals surface area contributed by atoms with E-state index in [2.05, 4.69) is 15.3 Å². The number of alkyl halides is 3. The van der Waals surface area contributed by atoms with Crippen LogP contribution in [0.1, 0.15) is 42.1 Å². The third kappa shape index (κ3) is 5.80. The summed E-state index contributed by atoms with van der Waals surface area (Å²) in [7, 11) is -4.05. The van der Waals surface area contributed by atoms with Gasteiger partial charge in [0.05, 0.1) is 10.5 Å². The SMILES string of the molecule is CC(C)c1ccc(Cc2ccc(Nc3ccc(C(F)(F)F)cn3)cc2S(N)(=O)=O)nc1. The van der Waals surface area contributed by atoms with Crippen molar-refractivity contribution in [3.8, 4) is 0 Å². The maximum atomic E-state index is 12.7. The number of sulfonamides is 1. The average Bonchev–Trinajstić information content (AvgIpc) is 2.68. The molecule has 0 bridgehead atoms. The molecule has 0 fully saturated rings. The number of hydrogen-bond acceptors (Lipinski definition) is 5. The molecule has 6 nitrogen and oxygen atoms in total. The van der Waals surface area contributed by atoms with Gasteiger partial charge in [-0.05, 0) is 47.4 Å². The van der Waals surface area contributed by atoms with Crippen molar-refractivity contribution in [2.45, 2.75) is 37.3 Å². The van der Waals surface area contributed by atoms with Crippen LogP contribution in [0.3, 0.4) is 0 Å². The number of primary sulfonamides is 1. The lowest BCUT2D eigenvalue weighted by molar-refractivity contribution is -0.137. The van der Waals surface area contributed by atoms with E-state index >= 15 is 0 Å². The fourth-order valence-corrected chi connectivity index (χ4v) is 3.70. The zero-order chi connectivity index (χ0) is 22.8. The van der Waals surface area contributed by atoms with Crippen molar-refractivity contribution in [2.75, 3.05) is 5.32 Å². The highest BCUT2D eigenvalue weighted by Crippen LogP contribution is 2.30. The number of benzene rings is 1. The Morgan fingerprint density at radius 2 is 1.77 bits per heavy atom. The lowest BCUT2D eigenvalue weighted by Crippen LogP contribution is -2.15. The van der Waals surface area contributed by atoms with E-state index in [0.29, 0.717) is 29.1 Å². The minimum Gasteiger partial charge on any atom is -0.340 e. The van der Waals surface area contributed by atoms with Gasteiger partial charge in [-0.2, -0.15) is 13.2 Å². The van der Waals surface area contributed by atoms with Crippen LogP contribution in [0.4, 0.5) is 24.7 Å². The van der Waals surface area contributed by atoms with Crippen LogP contribution in [0.2, 0.25) is 0 Å². The molecule has 2 aromatic heterocycles. The maximum absolute atomic E-state index is 12.7. The molecule has 0 aliphatic heterocycles. The molecule has 3 N–H and O–H groups in total. The molecule has 1 aromatic carbocycles. The highest BCUT2D eigenvalue weighted by molar-refractivity contribution is 7.89. The highest BCUT2D eigenvalue weighted by atomic mass is 32.2. The van der Waals surface area contributed by atoms with Gasteiger partial charge in [0.15, 0.2) is 0 Å². The van der Waals surface area contributed by atoms with Gasteiger partial charge in [0, 0.05) is 30.2 Å². The summed E-state index contributed by atoms with van der Waals surface area (Å²) in [5.74, 6) is 0.456. The van der Waals surface area contributed by atoms with E-state index in [0.717, 1.165) is 17.7 Å². The zero-order valence-corrected chi connectivity index (χ0v) is 17.6. The van der Waals surface area contributed by atoms with Gasteiger partial charge in [0.1, 0.15) is 5.82 Å². The monoisotopic (exact) mass is 450 g/mol. The Balaban J connectivity index is 1.86. The first kappa shape index (κ1) is 22.7. The summed E-state index contributed by atoms with van der Waals surface area (Å²) in [6.07, 6.45) is -1.79. The molecule has 3 rings (SSSR count). The molecule has 10 heteroatoms. The molecule has 0 aliphatic rings. The second kappa shape index (κ2) is 8.64. The number of nitrogens with two attached hydrogens (primary N) is 1. The Kier molecular flexibility index (Phi) is 6.33. The smallest absolute Gasteiger partial charge is 0.340 e. The van der Waals surface area contributed by atoms with Crippen molar-refractivity contribution < 1.29 is 21.6 Å². The molecule has 0 saturated heterocycles.